The second kappa shape index (κ2) is 11.8. The van der Waals surface area contributed by atoms with Gasteiger partial charge in [-0.15, -0.1) is 0 Å². The highest BCUT2D eigenvalue weighted by Crippen LogP contribution is 2.40. The van der Waals surface area contributed by atoms with Crippen LogP contribution >= 0.6 is 0 Å². The average Bonchev–Trinajstić information content (AvgIpc) is 3.58. The summed E-state index contributed by atoms with van der Waals surface area (Å²) in [7, 11) is 6.41. The van der Waals surface area contributed by atoms with Crippen LogP contribution in [0.3, 0.4) is 0 Å². The number of methoxy groups -OCH3 is 3. The Hall–Kier alpha value is -5.18. The minimum Gasteiger partial charge on any atom is -0.496 e. The van der Waals surface area contributed by atoms with Gasteiger partial charge in [-0.3, -0.25) is 4.79 Å². The van der Waals surface area contributed by atoms with Crippen molar-refractivity contribution in [3.8, 4) is 17.6 Å². The van der Waals surface area contributed by atoms with Crippen molar-refractivity contribution in [1.82, 2.24) is 24.8 Å². The van der Waals surface area contributed by atoms with Crippen molar-refractivity contribution in [2.24, 2.45) is 0 Å². The third-order valence-corrected chi connectivity index (χ3v) is 7.83. The molecule has 4 heterocycles. The summed E-state index contributed by atoms with van der Waals surface area (Å²) in [5, 5.41) is 15.9. The molecular weight excluding hydrogens is 560 g/mol. The first-order chi connectivity index (χ1) is 21.4. The number of rotatable bonds is 10. The summed E-state index contributed by atoms with van der Waals surface area (Å²) in [6.07, 6.45) is 3.09. The Kier molecular flexibility index (Phi) is 7.78. The van der Waals surface area contributed by atoms with Crippen molar-refractivity contribution in [2.45, 2.75) is 32.8 Å². The van der Waals surface area contributed by atoms with Crippen molar-refractivity contribution < 1.29 is 23.7 Å². The molecule has 0 aliphatic rings. The first-order valence-corrected chi connectivity index (χ1v) is 14.1. The van der Waals surface area contributed by atoms with Crippen LogP contribution in [0.25, 0.3) is 43.6 Å². The van der Waals surface area contributed by atoms with Gasteiger partial charge in [-0.25, -0.2) is 9.97 Å². The molecule has 0 radical (unpaired) electrons. The van der Waals surface area contributed by atoms with Crippen LogP contribution in [-0.4, -0.2) is 59.9 Å². The van der Waals surface area contributed by atoms with Crippen molar-refractivity contribution in [3.63, 3.8) is 0 Å². The summed E-state index contributed by atoms with van der Waals surface area (Å²) < 4.78 is 25.6. The zero-order valence-electron chi connectivity index (χ0n) is 25.1. The lowest BCUT2D eigenvalue weighted by atomic mass is 10.0. The first-order valence-electron chi connectivity index (χ1n) is 14.1. The standard InChI is InChI=1S/C33H32N6O5/c1-18(44-27-11-6-8-21-30(27)28-19(16-41-3)22(12-34)36-13-23(28)38-21)15-39-24-9-7-10-26(43-5)31(24)29-20(17-42-4)32(33(40)35-2)37-14-25(29)39/h6-11,13-14,18,38H,15-17H2,1-5H3,(H,35,40). The van der Waals surface area contributed by atoms with E-state index in [9.17, 15) is 10.1 Å². The second-order valence-electron chi connectivity index (χ2n) is 10.5. The molecular formula is C33H32N6O5. The van der Waals surface area contributed by atoms with E-state index in [1.807, 2.05) is 43.3 Å². The molecule has 0 aliphatic heterocycles. The van der Waals surface area contributed by atoms with Gasteiger partial charge in [0.25, 0.3) is 5.91 Å². The molecule has 0 spiro atoms. The highest BCUT2D eigenvalue weighted by Gasteiger charge is 2.25. The van der Waals surface area contributed by atoms with Crippen LogP contribution in [0.5, 0.6) is 11.5 Å². The van der Waals surface area contributed by atoms with Crippen LogP contribution < -0.4 is 14.8 Å². The van der Waals surface area contributed by atoms with Gasteiger partial charge in [0, 0.05) is 48.6 Å². The van der Waals surface area contributed by atoms with Gasteiger partial charge in [0.1, 0.15) is 35.1 Å². The summed E-state index contributed by atoms with van der Waals surface area (Å²) in [5.74, 6) is 1.07. The number of fused-ring (bicyclic) bond motifs is 6. The first kappa shape index (κ1) is 28.9. The maximum Gasteiger partial charge on any atom is 0.270 e. The third kappa shape index (κ3) is 4.65. The lowest BCUT2D eigenvalue weighted by molar-refractivity contribution is 0.0953. The van der Waals surface area contributed by atoms with Gasteiger partial charge in [0.05, 0.1) is 66.7 Å². The monoisotopic (exact) mass is 592 g/mol. The molecule has 1 atom stereocenters. The van der Waals surface area contributed by atoms with Gasteiger partial charge in [-0.1, -0.05) is 12.1 Å². The van der Waals surface area contributed by atoms with Crippen LogP contribution in [0.1, 0.15) is 34.2 Å². The van der Waals surface area contributed by atoms with Crippen LogP contribution in [0.2, 0.25) is 0 Å². The van der Waals surface area contributed by atoms with Crippen LogP contribution in [-0.2, 0) is 29.2 Å². The number of nitrogens with zero attached hydrogens (tertiary/aromatic N) is 4. The molecule has 2 aromatic carbocycles. The molecule has 4 aromatic heterocycles. The lowest BCUT2D eigenvalue weighted by Gasteiger charge is -2.18. The molecule has 6 rings (SSSR count). The summed E-state index contributed by atoms with van der Waals surface area (Å²) >= 11 is 0. The maximum absolute atomic E-state index is 12.8. The Morgan fingerprint density at radius 1 is 0.932 bits per heavy atom. The zero-order valence-corrected chi connectivity index (χ0v) is 25.1. The summed E-state index contributed by atoms with van der Waals surface area (Å²) in [6, 6.07) is 13.9. The predicted octanol–water partition coefficient (Wildman–Crippen LogP) is 5.22. The maximum atomic E-state index is 12.8. The van der Waals surface area contributed by atoms with Crippen LogP contribution in [0, 0.1) is 11.3 Å². The Labute approximate surface area is 253 Å². The molecule has 0 fully saturated rings. The molecule has 11 heteroatoms. The number of aromatic nitrogens is 4. The fourth-order valence-electron chi connectivity index (χ4n) is 6.08. The second-order valence-corrected chi connectivity index (χ2v) is 10.5. The lowest BCUT2D eigenvalue weighted by Crippen LogP contribution is -2.22. The van der Waals surface area contributed by atoms with E-state index in [0.717, 1.165) is 43.6 Å². The Morgan fingerprint density at radius 2 is 1.68 bits per heavy atom. The molecule has 0 aliphatic carbocycles. The number of aromatic amines is 1. The number of ether oxygens (including phenoxy) is 4. The number of pyridine rings is 2. The SMILES string of the molecule is CNC(=O)c1ncc2c(c1COC)c1c(OC)cccc1n2CC(C)Oc1cccc2[nH]c3cnc(C#N)c(COC)c3c12. The molecule has 0 bridgehead atoms. The number of hydrogen-bond acceptors (Lipinski definition) is 8. The molecule has 44 heavy (non-hydrogen) atoms. The van der Waals surface area contributed by atoms with Gasteiger partial charge in [-0.2, -0.15) is 5.26 Å². The number of nitriles is 1. The van der Waals surface area contributed by atoms with Crippen molar-refractivity contribution in [2.75, 3.05) is 28.4 Å². The van der Waals surface area contributed by atoms with E-state index in [2.05, 4.69) is 30.9 Å². The van der Waals surface area contributed by atoms with Gasteiger partial charge in [0.15, 0.2) is 0 Å². The van der Waals surface area contributed by atoms with Crippen molar-refractivity contribution >= 4 is 49.5 Å². The van der Waals surface area contributed by atoms with Crippen LogP contribution in [0.15, 0.2) is 48.8 Å². The fraction of sp³-hybridized carbons (Fsp3) is 0.273. The van der Waals surface area contributed by atoms with E-state index in [-0.39, 0.29) is 25.2 Å². The van der Waals surface area contributed by atoms with E-state index in [1.54, 1.807) is 40.8 Å². The van der Waals surface area contributed by atoms with E-state index in [0.29, 0.717) is 40.6 Å². The number of carbonyl (C=O) groups is 1. The molecule has 11 nitrogen and oxygen atoms in total. The number of nitrogens with one attached hydrogen (secondary N) is 2. The molecule has 0 saturated heterocycles. The van der Waals surface area contributed by atoms with Crippen LogP contribution in [0.4, 0.5) is 0 Å². The number of carbonyl (C=O) groups excluding carboxylic acids is 1. The normalized spacial score (nSPS) is 12.2. The fourth-order valence-corrected chi connectivity index (χ4v) is 6.08. The number of benzene rings is 2. The predicted molar refractivity (Wildman–Crippen MR) is 167 cm³/mol. The Balaban J connectivity index is 1.49. The smallest absolute Gasteiger partial charge is 0.270 e. The molecule has 6 aromatic rings. The van der Waals surface area contributed by atoms with Crippen molar-refractivity contribution in [1.29, 1.82) is 5.26 Å². The highest BCUT2D eigenvalue weighted by molar-refractivity contribution is 6.15. The van der Waals surface area contributed by atoms with E-state index >= 15 is 0 Å². The van der Waals surface area contributed by atoms with Gasteiger partial charge >= 0.3 is 0 Å². The quantitative estimate of drug-likeness (QED) is 0.221. The van der Waals surface area contributed by atoms with Gasteiger partial charge in [0.2, 0.25) is 0 Å². The van der Waals surface area contributed by atoms with Gasteiger partial charge < -0.3 is 33.8 Å². The topological polar surface area (TPSA) is 136 Å². The summed E-state index contributed by atoms with van der Waals surface area (Å²) in [5.41, 5.74) is 5.43. The highest BCUT2D eigenvalue weighted by atomic mass is 16.5. The summed E-state index contributed by atoms with van der Waals surface area (Å²) in [6.45, 7) is 2.91. The molecule has 0 saturated carbocycles. The minimum absolute atomic E-state index is 0.197. The molecule has 224 valence electrons. The largest absolute Gasteiger partial charge is 0.496 e. The zero-order chi connectivity index (χ0) is 31.0. The molecule has 1 unspecified atom stereocenters. The summed E-state index contributed by atoms with van der Waals surface area (Å²) in [4.78, 5) is 25.1. The minimum atomic E-state index is -0.303. The third-order valence-electron chi connectivity index (χ3n) is 7.83. The molecule has 1 amide bonds. The Bertz CT molecular complexity index is 2090. The number of H-pyrrole nitrogens is 1. The Morgan fingerprint density at radius 3 is 2.41 bits per heavy atom. The van der Waals surface area contributed by atoms with E-state index in [1.165, 1.54) is 0 Å². The average molecular weight is 593 g/mol. The van der Waals surface area contributed by atoms with Crippen molar-refractivity contribution in [3.05, 3.63) is 71.3 Å². The molecule has 2 N–H and O–H groups in total. The van der Waals surface area contributed by atoms with E-state index < -0.39 is 0 Å². The van der Waals surface area contributed by atoms with E-state index in [4.69, 9.17) is 18.9 Å². The van der Waals surface area contributed by atoms with Gasteiger partial charge in [-0.05, 0) is 31.2 Å². The number of amides is 1. The number of hydrogen-bond donors (Lipinski definition) is 2.